The van der Waals surface area contributed by atoms with Gasteiger partial charge in [0.1, 0.15) is 18.1 Å². The molecule has 0 aliphatic heterocycles. The van der Waals surface area contributed by atoms with E-state index in [0.717, 1.165) is 73.0 Å². The summed E-state index contributed by atoms with van der Waals surface area (Å²) in [6.07, 6.45) is 0. The number of benzene rings is 6. The van der Waals surface area contributed by atoms with E-state index in [1.165, 1.54) is 0 Å². The zero-order chi connectivity index (χ0) is 36.9. The second-order valence-corrected chi connectivity index (χ2v) is 13.2. The molecule has 8 aromatic rings. The molecule has 0 aliphatic rings. The number of tetrazole rings is 1. The topological polar surface area (TPSA) is 75.0 Å². The Kier molecular flexibility index (Phi) is 9.52. The van der Waals surface area contributed by atoms with Gasteiger partial charge in [0.25, 0.3) is 0 Å². The molecule has 0 radical (unpaired) electrons. The van der Waals surface area contributed by atoms with Crippen LogP contribution in [0.1, 0.15) is 33.6 Å². The first-order valence-electron chi connectivity index (χ1n) is 18.0. The van der Waals surface area contributed by atoms with Crippen LogP contribution < -0.4 is 9.47 Å². The molecule has 264 valence electrons. The molecule has 0 amide bonds. The Morgan fingerprint density at radius 1 is 0.593 bits per heavy atom. The van der Waals surface area contributed by atoms with E-state index in [4.69, 9.17) is 29.9 Å². The zero-order valence-corrected chi connectivity index (χ0v) is 30.4. The molecule has 6 aromatic carbocycles. The van der Waals surface area contributed by atoms with E-state index < -0.39 is 5.54 Å². The number of methoxy groups -OCH3 is 1. The minimum absolute atomic E-state index is 0.324. The summed E-state index contributed by atoms with van der Waals surface area (Å²) in [5.41, 5.74) is 9.79. The minimum atomic E-state index is -0.891. The normalized spacial score (nSPS) is 11.3. The summed E-state index contributed by atoms with van der Waals surface area (Å²) in [7, 11) is 1.67. The van der Waals surface area contributed by atoms with Gasteiger partial charge in [0.2, 0.25) is 5.82 Å². The van der Waals surface area contributed by atoms with Crippen LogP contribution in [0.3, 0.4) is 0 Å². The Hall–Kier alpha value is -6.86. The van der Waals surface area contributed by atoms with Crippen LogP contribution in [-0.2, 0) is 12.1 Å². The van der Waals surface area contributed by atoms with Crippen LogP contribution in [0.15, 0.2) is 170 Å². The third-order valence-electron chi connectivity index (χ3n) is 9.76. The summed E-state index contributed by atoms with van der Waals surface area (Å²) in [5, 5.41) is 14.9. The van der Waals surface area contributed by atoms with Crippen molar-refractivity contribution in [2.75, 3.05) is 7.11 Å². The van der Waals surface area contributed by atoms with Crippen LogP contribution in [0.2, 0.25) is 0 Å². The van der Waals surface area contributed by atoms with Gasteiger partial charge < -0.3 is 9.47 Å². The van der Waals surface area contributed by atoms with Crippen molar-refractivity contribution in [3.8, 4) is 45.1 Å². The Labute approximate surface area is 315 Å². The van der Waals surface area contributed by atoms with Gasteiger partial charge in [0.15, 0.2) is 5.54 Å². The third-order valence-corrected chi connectivity index (χ3v) is 9.76. The number of hydrogen-bond donors (Lipinski definition) is 0. The van der Waals surface area contributed by atoms with E-state index in [1.54, 1.807) is 11.9 Å². The lowest BCUT2D eigenvalue weighted by Crippen LogP contribution is -2.39. The molecule has 2 aromatic heterocycles. The van der Waals surface area contributed by atoms with Gasteiger partial charge >= 0.3 is 0 Å². The summed E-state index contributed by atoms with van der Waals surface area (Å²) in [4.78, 5) is 6.53. The Balaban J connectivity index is 1.24. The van der Waals surface area contributed by atoms with E-state index >= 15 is 0 Å². The van der Waals surface area contributed by atoms with Crippen molar-refractivity contribution >= 4 is 0 Å². The number of nitrogens with zero attached hydrogens (tertiary/aromatic N) is 5. The summed E-state index contributed by atoms with van der Waals surface area (Å²) in [6.45, 7) is 4.32. The Bertz CT molecular complexity index is 2390. The van der Waals surface area contributed by atoms with E-state index in [-0.39, 0.29) is 0 Å². The maximum Gasteiger partial charge on any atom is 0.205 e. The van der Waals surface area contributed by atoms with Gasteiger partial charge in [-0.3, -0.25) is 4.98 Å². The number of aromatic nitrogens is 5. The number of aryl methyl sites for hydroxylation is 2. The highest BCUT2D eigenvalue weighted by molar-refractivity contribution is 5.81. The molecule has 7 heteroatoms. The summed E-state index contributed by atoms with van der Waals surface area (Å²) in [5.74, 6) is 2.07. The molecule has 0 unspecified atom stereocenters. The largest absolute Gasteiger partial charge is 0.497 e. The maximum absolute atomic E-state index is 6.63. The predicted molar refractivity (Wildman–Crippen MR) is 213 cm³/mol. The van der Waals surface area contributed by atoms with E-state index in [1.807, 2.05) is 80.6 Å². The predicted octanol–water partition coefficient (Wildman–Crippen LogP) is 10.1. The van der Waals surface area contributed by atoms with E-state index in [9.17, 15) is 0 Å². The molecule has 54 heavy (non-hydrogen) atoms. The lowest BCUT2D eigenvalue weighted by atomic mass is 9.77. The Morgan fingerprint density at radius 2 is 1.17 bits per heavy atom. The van der Waals surface area contributed by atoms with Crippen molar-refractivity contribution in [1.82, 2.24) is 25.2 Å². The first-order valence-corrected chi connectivity index (χ1v) is 18.0. The van der Waals surface area contributed by atoms with Crippen molar-refractivity contribution < 1.29 is 9.47 Å². The first kappa shape index (κ1) is 34.2. The molecule has 0 bridgehead atoms. The summed E-state index contributed by atoms with van der Waals surface area (Å²) in [6, 6.07) is 57.8. The third kappa shape index (κ3) is 6.52. The van der Waals surface area contributed by atoms with Crippen LogP contribution in [-0.4, -0.2) is 32.3 Å². The number of hydrogen-bond acceptors (Lipinski definition) is 6. The monoisotopic (exact) mass is 705 g/mol. The second kappa shape index (κ2) is 15.0. The fraction of sp³-hybridized carbons (Fsp3) is 0.106. The van der Waals surface area contributed by atoms with Crippen molar-refractivity contribution in [2.24, 2.45) is 0 Å². The van der Waals surface area contributed by atoms with Gasteiger partial charge in [-0.15, -0.1) is 15.0 Å². The minimum Gasteiger partial charge on any atom is -0.497 e. The van der Waals surface area contributed by atoms with Gasteiger partial charge in [-0.1, -0.05) is 146 Å². The molecule has 0 N–H and O–H groups in total. The second-order valence-electron chi connectivity index (χ2n) is 13.2. The van der Waals surface area contributed by atoms with Crippen LogP contribution in [0.25, 0.3) is 33.6 Å². The lowest BCUT2D eigenvalue weighted by Gasteiger charge is -2.34. The van der Waals surface area contributed by atoms with Crippen molar-refractivity contribution in [3.05, 3.63) is 203 Å². The van der Waals surface area contributed by atoms with Crippen molar-refractivity contribution in [2.45, 2.75) is 26.0 Å². The van der Waals surface area contributed by atoms with Crippen LogP contribution in [0.4, 0.5) is 0 Å². The quantitative estimate of drug-likeness (QED) is 0.125. The fourth-order valence-electron chi connectivity index (χ4n) is 7.26. The molecular formula is C47H39N5O2. The van der Waals surface area contributed by atoms with Crippen molar-refractivity contribution in [3.63, 3.8) is 0 Å². The average molecular weight is 706 g/mol. The van der Waals surface area contributed by atoms with Gasteiger partial charge in [0, 0.05) is 28.6 Å². The maximum atomic E-state index is 6.63. The molecule has 0 saturated carbocycles. The molecule has 0 aliphatic carbocycles. The summed E-state index contributed by atoms with van der Waals surface area (Å²) < 4.78 is 12.0. The van der Waals surface area contributed by atoms with Gasteiger partial charge in [-0.2, -0.15) is 0 Å². The van der Waals surface area contributed by atoms with E-state index in [2.05, 4.69) is 103 Å². The number of pyridine rings is 1. The lowest BCUT2D eigenvalue weighted by molar-refractivity contribution is 0.307. The van der Waals surface area contributed by atoms with Crippen molar-refractivity contribution in [1.29, 1.82) is 0 Å². The molecule has 8 rings (SSSR count). The molecular weight excluding hydrogens is 667 g/mol. The molecule has 0 atom stereocenters. The average Bonchev–Trinajstić information content (AvgIpc) is 3.72. The van der Waals surface area contributed by atoms with Crippen LogP contribution in [0.5, 0.6) is 11.5 Å². The van der Waals surface area contributed by atoms with Gasteiger partial charge in [-0.25, -0.2) is 0 Å². The molecule has 0 spiro atoms. The zero-order valence-electron chi connectivity index (χ0n) is 30.4. The van der Waals surface area contributed by atoms with Crippen LogP contribution >= 0.6 is 0 Å². The van der Waals surface area contributed by atoms with Gasteiger partial charge in [0.05, 0.1) is 7.11 Å². The highest BCUT2D eigenvalue weighted by Crippen LogP contribution is 2.41. The standard InChI is InChI=1S/C47H39N5O2/c1-33-30-44(45(34(2)48-33)37-25-27-41(53-3)28-26-37)54-32-35-24-29-42(36-16-8-4-9-17-36)43(31-35)46-49-51-52(50-46)47(38-18-10-5-11-19-38,39-20-12-6-13-21-39)40-22-14-7-15-23-40/h4-31H,32H2,1-3H3. The smallest absolute Gasteiger partial charge is 0.205 e. The number of ether oxygens (including phenoxy) is 2. The Morgan fingerprint density at radius 3 is 1.74 bits per heavy atom. The van der Waals surface area contributed by atoms with Gasteiger partial charge in [-0.05, 0) is 76.2 Å². The SMILES string of the molecule is COc1ccc(-c2c(OCc3ccc(-c4ccccc4)c(-c4nnn(C(c5ccccc5)(c5ccccc5)c5ccccc5)n4)c3)cc(C)nc2C)cc1. The summed E-state index contributed by atoms with van der Waals surface area (Å²) >= 11 is 0. The van der Waals surface area contributed by atoms with Crippen LogP contribution in [0, 0.1) is 13.8 Å². The molecule has 2 heterocycles. The number of rotatable bonds is 11. The molecule has 7 nitrogen and oxygen atoms in total. The first-order chi connectivity index (χ1) is 26.5. The molecule has 0 fully saturated rings. The van der Waals surface area contributed by atoms with E-state index in [0.29, 0.717) is 12.4 Å². The highest BCUT2D eigenvalue weighted by Gasteiger charge is 2.41. The highest BCUT2D eigenvalue weighted by atomic mass is 16.5. The fourth-order valence-corrected chi connectivity index (χ4v) is 7.26. The molecule has 0 saturated heterocycles.